The molecule has 0 atom stereocenters. The molecule has 2 aromatic rings. The van der Waals surface area contributed by atoms with E-state index in [1.165, 1.54) is 0 Å². The molecular weight excluding hydrogens is 330 g/mol. The summed E-state index contributed by atoms with van der Waals surface area (Å²) in [5, 5.41) is 2.94. The van der Waals surface area contributed by atoms with Crippen LogP contribution >= 0.6 is 0 Å². The lowest BCUT2D eigenvalue weighted by Gasteiger charge is -2.13. The van der Waals surface area contributed by atoms with Crippen LogP contribution in [0.2, 0.25) is 0 Å². The van der Waals surface area contributed by atoms with E-state index >= 15 is 0 Å². The maximum Gasteiger partial charge on any atom is 0.251 e. The van der Waals surface area contributed by atoms with E-state index in [4.69, 9.17) is 14.2 Å². The summed E-state index contributed by atoms with van der Waals surface area (Å²) in [5.41, 5.74) is 1.71. The van der Waals surface area contributed by atoms with Crippen LogP contribution in [0.3, 0.4) is 0 Å². The molecule has 0 aliphatic heterocycles. The van der Waals surface area contributed by atoms with Gasteiger partial charge in [0.1, 0.15) is 5.75 Å². The largest absolute Gasteiger partial charge is 0.497 e. The number of hydrogen-bond acceptors (Lipinski definition) is 4. The lowest BCUT2D eigenvalue weighted by atomic mass is 10.1. The Morgan fingerprint density at radius 2 is 1.77 bits per heavy atom. The number of nitrogens with one attached hydrogen (secondary N) is 1. The van der Waals surface area contributed by atoms with Gasteiger partial charge in [-0.2, -0.15) is 0 Å². The molecule has 1 amide bonds. The van der Waals surface area contributed by atoms with Gasteiger partial charge in [-0.1, -0.05) is 19.1 Å². The summed E-state index contributed by atoms with van der Waals surface area (Å²) in [6.45, 7) is 5.65. The van der Waals surface area contributed by atoms with Crippen molar-refractivity contribution in [2.45, 2.75) is 26.7 Å². The number of carbonyl (C=O) groups excluding carboxylic acids is 1. The summed E-state index contributed by atoms with van der Waals surface area (Å²) in [6.07, 6.45) is 1.67. The predicted octanol–water partition coefficient (Wildman–Crippen LogP) is 3.86. The molecule has 0 radical (unpaired) electrons. The van der Waals surface area contributed by atoms with Crippen molar-refractivity contribution in [2.75, 3.05) is 26.9 Å². The van der Waals surface area contributed by atoms with Gasteiger partial charge in [0.25, 0.3) is 5.91 Å². The zero-order valence-corrected chi connectivity index (χ0v) is 15.7. The van der Waals surface area contributed by atoms with Crippen LogP contribution < -0.4 is 19.5 Å². The number of amides is 1. The van der Waals surface area contributed by atoms with Crippen molar-refractivity contribution in [2.24, 2.45) is 0 Å². The van der Waals surface area contributed by atoms with Crippen molar-refractivity contribution < 1.29 is 19.0 Å². The van der Waals surface area contributed by atoms with Crippen molar-refractivity contribution in [1.82, 2.24) is 5.32 Å². The van der Waals surface area contributed by atoms with Crippen molar-refractivity contribution >= 4 is 5.91 Å². The smallest absolute Gasteiger partial charge is 0.251 e. The monoisotopic (exact) mass is 357 g/mol. The lowest BCUT2D eigenvalue weighted by Crippen LogP contribution is -2.25. The van der Waals surface area contributed by atoms with Crippen LogP contribution in [0.25, 0.3) is 0 Å². The summed E-state index contributed by atoms with van der Waals surface area (Å²) < 4.78 is 16.4. The second kappa shape index (κ2) is 10.3. The normalized spacial score (nSPS) is 10.3. The third-order valence-electron chi connectivity index (χ3n) is 3.83. The molecule has 0 aliphatic carbocycles. The zero-order chi connectivity index (χ0) is 18.8. The van der Waals surface area contributed by atoms with E-state index in [0.29, 0.717) is 36.8 Å². The molecule has 0 unspecified atom stereocenters. The molecule has 0 heterocycles. The van der Waals surface area contributed by atoms with E-state index in [-0.39, 0.29) is 5.91 Å². The topological polar surface area (TPSA) is 56.8 Å². The second-order valence-corrected chi connectivity index (χ2v) is 5.80. The second-order valence-electron chi connectivity index (χ2n) is 5.80. The SMILES string of the molecule is CCCOc1ccc(C(=O)NCCc2ccc(OC)cc2)cc1OCC. The van der Waals surface area contributed by atoms with E-state index in [9.17, 15) is 4.79 Å². The first-order valence-corrected chi connectivity index (χ1v) is 8.98. The van der Waals surface area contributed by atoms with Gasteiger partial charge < -0.3 is 19.5 Å². The summed E-state index contributed by atoms with van der Waals surface area (Å²) in [7, 11) is 1.64. The van der Waals surface area contributed by atoms with E-state index in [1.54, 1.807) is 25.3 Å². The Morgan fingerprint density at radius 3 is 2.42 bits per heavy atom. The van der Waals surface area contributed by atoms with E-state index in [0.717, 1.165) is 24.2 Å². The van der Waals surface area contributed by atoms with Gasteiger partial charge in [0.05, 0.1) is 20.3 Å². The molecule has 26 heavy (non-hydrogen) atoms. The fourth-order valence-electron chi connectivity index (χ4n) is 2.46. The first kappa shape index (κ1) is 19.6. The number of ether oxygens (including phenoxy) is 3. The van der Waals surface area contributed by atoms with Crippen LogP contribution in [-0.2, 0) is 6.42 Å². The molecule has 0 saturated heterocycles. The molecule has 0 aromatic heterocycles. The molecule has 140 valence electrons. The number of rotatable bonds is 10. The Hall–Kier alpha value is -2.69. The molecule has 2 rings (SSSR count). The highest BCUT2D eigenvalue weighted by Gasteiger charge is 2.11. The maximum atomic E-state index is 12.4. The molecule has 0 bridgehead atoms. The van der Waals surface area contributed by atoms with Crippen LogP contribution in [0.4, 0.5) is 0 Å². The van der Waals surface area contributed by atoms with Crippen molar-refractivity contribution in [3.63, 3.8) is 0 Å². The van der Waals surface area contributed by atoms with Crippen LogP contribution in [0, 0.1) is 0 Å². The standard InChI is InChI=1S/C21H27NO4/c1-4-14-26-19-11-8-17(15-20(19)25-5-2)21(23)22-13-12-16-6-9-18(24-3)10-7-16/h6-11,15H,4-5,12-14H2,1-3H3,(H,22,23). The Balaban J connectivity index is 1.93. The van der Waals surface area contributed by atoms with Crippen LogP contribution in [0.5, 0.6) is 17.2 Å². The number of carbonyl (C=O) groups is 1. The molecule has 0 fully saturated rings. The molecule has 2 aromatic carbocycles. The average molecular weight is 357 g/mol. The Kier molecular flexibility index (Phi) is 7.80. The Bertz CT molecular complexity index is 698. The molecule has 1 N–H and O–H groups in total. The number of hydrogen-bond donors (Lipinski definition) is 1. The highest BCUT2D eigenvalue weighted by Crippen LogP contribution is 2.28. The van der Waals surface area contributed by atoms with Crippen LogP contribution in [-0.4, -0.2) is 32.8 Å². The zero-order valence-electron chi connectivity index (χ0n) is 15.7. The molecule has 0 saturated carbocycles. The van der Waals surface area contributed by atoms with Gasteiger partial charge in [-0.3, -0.25) is 4.79 Å². The van der Waals surface area contributed by atoms with Gasteiger partial charge in [-0.25, -0.2) is 0 Å². The van der Waals surface area contributed by atoms with E-state index < -0.39 is 0 Å². The summed E-state index contributed by atoms with van der Waals surface area (Å²) in [6, 6.07) is 13.1. The van der Waals surface area contributed by atoms with Gasteiger partial charge in [0.2, 0.25) is 0 Å². The highest BCUT2D eigenvalue weighted by atomic mass is 16.5. The minimum Gasteiger partial charge on any atom is -0.497 e. The van der Waals surface area contributed by atoms with E-state index in [1.807, 2.05) is 38.1 Å². The van der Waals surface area contributed by atoms with Crippen LogP contribution in [0.15, 0.2) is 42.5 Å². The third kappa shape index (κ3) is 5.69. The van der Waals surface area contributed by atoms with Gasteiger partial charge in [0, 0.05) is 12.1 Å². The first-order valence-electron chi connectivity index (χ1n) is 8.98. The average Bonchev–Trinajstić information content (AvgIpc) is 2.67. The molecule has 0 spiro atoms. The van der Waals surface area contributed by atoms with Crippen molar-refractivity contribution in [1.29, 1.82) is 0 Å². The molecule has 0 aliphatic rings. The van der Waals surface area contributed by atoms with Gasteiger partial charge in [0.15, 0.2) is 11.5 Å². The summed E-state index contributed by atoms with van der Waals surface area (Å²) >= 11 is 0. The third-order valence-corrected chi connectivity index (χ3v) is 3.83. The van der Waals surface area contributed by atoms with Gasteiger partial charge >= 0.3 is 0 Å². The number of benzene rings is 2. The summed E-state index contributed by atoms with van der Waals surface area (Å²) in [4.78, 5) is 12.4. The van der Waals surface area contributed by atoms with Crippen LogP contribution in [0.1, 0.15) is 36.2 Å². The molecule has 5 heteroatoms. The lowest BCUT2D eigenvalue weighted by molar-refractivity contribution is 0.0953. The van der Waals surface area contributed by atoms with Crippen molar-refractivity contribution in [3.8, 4) is 17.2 Å². The minimum atomic E-state index is -0.124. The first-order chi connectivity index (χ1) is 12.7. The maximum absolute atomic E-state index is 12.4. The van der Waals surface area contributed by atoms with Gasteiger partial charge in [-0.15, -0.1) is 0 Å². The molecule has 5 nitrogen and oxygen atoms in total. The fraction of sp³-hybridized carbons (Fsp3) is 0.381. The quantitative estimate of drug-likeness (QED) is 0.702. The highest BCUT2D eigenvalue weighted by molar-refractivity contribution is 5.94. The predicted molar refractivity (Wildman–Crippen MR) is 102 cm³/mol. The fourth-order valence-corrected chi connectivity index (χ4v) is 2.46. The number of methoxy groups -OCH3 is 1. The van der Waals surface area contributed by atoms with E-state index in [2.05, 4.69) is 5.32 Å². The van der Waals surface area contributed by atoms with Gasteiger partial charge in [-0.05, 0) is 55.7 Å². The minimum absolute atomic E-state index is 0.124. The Labute approximate surface area is 155 Å². The Morgan fingerprint density at radius 1 is 1.00 bits per heavy atom. The summed E-state index contributed by atoms with van der Waals surface area (Å²) in [5.74, 6) is 1.97. The van der Waals surface area contributed by atoms with Crippen molar-refractivity contribution in [3.05, 3.63) is 53.6 Å². The molecular formula is C21H27NO4.